The number of nitrogens with zero attached hydrogens (tertiary/aromatic N) is 1. The van der Waals surface area contributed by atoms with Gasteiger partial charge in [0.15, 0.2) is 0 Å². The highest BCUT2D eigenvalue weighted by molar-refractivity contribution is 5.85. The van der Waals surface area contributed by atoms with Gasteiger partial charge in [-0.1, -0.05) is 18.2 Å². The molecule has 0 aliphatic heterocycles. The van der Waals surface area contributed by atoms with Crippen molar-refractivity contribution in [2.24, 2.45) is 0 Å². The van der Waals surface area contributed by atoms with Crippen molar-refractivity contribution in [2.45, 2.75) is 0 Å². The molecule has 1 heterocycles. The summed E-state index contributed by atoms with van der Waals surface area (Å²) < 4.78 is 0. The third-order valence-corrected chi connectivity index (χ3v) is 2.88. The standard InChI is InChI=1S/C15H11NO2/c17-12-5-6-14-10(8-12)7-11(9-16-14)13-3-1-2-4-15(13)18/h1-9,17-18H. The maximum Gasteiger partial charge on any atom is 0.123 e. The van der Waals surface area contributed by atoms with E-state index in [0.29, 0.717) is 0 Å². The van der Waals surface area contributed by atoms with Gasteiger partial charge in [-0.05, 0) is 30.3 Å². The van der Waals surface area contributed by atoms with Gasteiger partial charge in [0.2, 0.25) is 0 Å². The quantitative estimate of drug-likeness (QED) is 0.682. The minimum Gasteiger partial charge on any atom is -0.508 e. The number of pyridine rings is 1. The lowest BCUT2D eigenvalue weighted by Gasteiger charge is -2.05. The Kier molecular flexibility index (Phi) is 2.38. The van der Waals surface area contributed by atoms with Gasteiger partial charge >= 0.3 is 0 Å². The summed E-state index contributed by atoms with van der Waals surface area (Å²) in [7, 11) is 0. The number of aromatic nitrogens is 1. The molecule has 0 fully saturated rings. The van der Waals surface area contributed by atoms with E-state index in [0.717, 1.165) is 22.0 Å². The Balaban J connectivity index is 2.22. The highest BCUT2D eigenvalue weighted by Gasteiger charge is 2.05. The molecule has 0 saturated carbocycles. The van der Waals surface area contributed by atoms with Gasteiger partial charge in [0.1, 0.15) is 11.5 Å². The maximum atomic E-state index is 9.81. The SMILES string of the molecule is Oc1ccc2ncc(-c3ccccc3O)cc2c1. The molecule has 3 rings (SSSR count). The fourth-order valence-corrected chi connectivity index (χ4v) is 1.98. The molecule has 3 nitrogen and oxygen atoms in total. The number of phenolic OH excluding ortho intramolecular Hbond substituents is 2. The van der Waals surface area contributed by atoms with Crippen LogP contribution in [0.1, 0.15) is 0 Å². The van der Waals surface area contributed by atoms with Gasteiger partial charge in [0.25, 0.3) is 0 Å². The fraction of sp³-hybridized carbons (Fsp3) is 0. The normalized spacial score (nSPS) is 10.7. The van der Waals surface area contributed by atoms with E-state index in [1.807, 2.05) is 18.2 Å². The second kappa shape index (κ2) is 4.04. The number of benzene rings is 2. The Bertz CT molecular complexity index is 723. The van der Waals surface area contributed by atoms with Crippen LogP contribution in [0.2, 0.25) is 0 Å². The summed E-state index contributed by atoms with van der Waals surface area (Å²) in [6.45, 7) is 0. The van der Waals surface area contributed by atoms with Crippen molar-refractivity contribution < 1.29 is 10.2 Å². The first kappa shape index (κ1) is 10.6. The second-order valence-electron chi connectivity index (χ2n) is 4.12. The van der Waals surface area contributed by atoms with Gasteiger partial charge in [-0.15, -0.1) is 0 Å². The Hall–Kier alpha value is -2.55. The number of hydrogen-bond acceptors (Lipinski definition) is 3. The molecule has 0 saturated heterocycles. The highest BCUT2D eigenvalue weighted by Crippen LogP contribution is 2.30. The molecule has 88 valence electrons. The summed E-state index contributed by atoms with van der Waals surface area (Å²) in [5, 5.41) is 20.1. The van der Waals surface area contributed by atoms with E-state index in [1.54, 1.807) is 36.5 Å². The molecule has 0 aliphatic rings. The van der Waals surface area contributed by atoms with Gasteiger partial charge in [0.05, 0.1) is 5.52 Å². The molecule has 3 aromatic rings. The summed E-state index contributed by atoms with van der Waals surface area (Å²) in [5.74, 6) is 0.428. The van der Waals surface area contributed by atoms with Crippen molar-refractivity contribution in [3.63, 3.8) is 0 Å². The molecule has 0 spiro atoms. The van der Waals surface area contributed by atoms with Crippen molar-refractivity contribution in [2.75, 3.05) is 0 Å². The van der Waals surface area contributed by atoms with Crippen molar-refractivity contribution in [3.05, 3.63) is 54.7 Å². The lowest BCUT2D eigenvalue weighted by atomic mass is 10.0. The largest absolute Gasteiger partial charge is 0.508 e. The van der Waals surface area contributed by atoms with Gasteiger partial charge in [-0.2, -0.15) is 0 Å². The second-order valence-corrected chi connectivity index (χ2v) is 4.12. The Morgan fingerprint density at radius 2 is 1.72 bits per heavy atom. The minimum atomic E-state index is 0.207. The number of para-hydroxylation sites is 1. The molecule has 0 unspecified atom stereocenters. The topological polar surface area (TPSA) is 53.4 Å². The molecule has 0 amide bonds. The molecular formula is C15H11NO2. The van der Waals surface area contributed by atoms with Gasteiger partial charge in [-0.25, -0.2) is 0 Å². The number of phenols is 2. The average Bonchev–Trinajstić information content (AvgIpc) is 2.38. The van der Waals surface area contributed by atoms with Crippen LogP contribution in [0, 0.1) is 0 Å². The van der Waals surface area contributed by atoms with E-state index in [2.05, 4.69) is 4.98 Å². The van der Waals surface area contributed by atoms with Crippen LogP contribution in [-0.2, 0) is 0 Å². The van der Waals surface area contributed by atoms with Gasteiger partial charge in [-0.3, -0.25) is 4.98 Å². The van der Waals surface area contributed by atoms with Crippen molar-refractivity contribution >= 4 is 10.9 Å². The lowest BCUT2D eigenvalue weighted by Crippen LogP contribution is -1.83. The van der Waals surface area contributed by atoms with Crippen LogP contribution < -0.4 is 0 Å². The van der Waals surface area contributed by atoms with Gasteiger partial charge in [0, 0.05) is 22.7 Å². The molecule has 2 aromatic carbocycles. The Morgan fingerprint density at radius 3 is 2.56 bits per heavy atom. The zero-order chi connectivity index (χ0) is 12.5. The van der Waals surface area contributed by atoms with Crippen LogP contribution in [0.4, 0.5) is 0 Å². The molecule has 3 heteroatoms. The smallest absolute Gasteiger partial charge is 0.123 e. The number of hydrogen-bond donors (Lipinski definition) is 2. The first-order chi connectivity index (χ1) is 8.74. The predicted molar refractivity (Wildman–Crippen MR) is 70.5 cm³/mol. The van der Waals surface area contributed by atoms with E-state index in [4.69, 9.17) is 0 Å². The van der Waals surface area contributed by atoms with Crippen LogP contribution in [0.25, 0.3) is 22.0 Å². The van der Waals surface area contributed by atoms with Crippen LogP contribution in [-0.4, -0.2) is 15.2 Å². The molecule has 2 N–H and O–H groups in total. The summed E-state index contributed by atoms with van der Waals surface area (Å²) in [6, 6.07) is 14.0. The van der Waals surface area contributed by atoms with Crippen molar-refractivity contribution in [1.82, 2.24) is 4.98 Å². The number of rotatable bonds is 1. The highest BCUT2D eigenvalue weighted by atomic mass is 16.3. The van der Waals surface area contributed by atoms with Crippen LogP contribution in [0.15, 0.2) is 54.7 Å². The summed E-state index contributed by atoms with van der Waals surface area (Å²) in [5.41, 5.74) is 2.37. The first-order valence-electron chi connectivity index (χ1n) is 5.61. The summed E-state index contributed by atoms with van der Waals surface area (Å²) in [4.78, 5) is 4.32. The van der Waals surface area contributed by atoms with Crippen LogP contribution in [0.3, 0.4) is 0 Å². The predicted octanol–water partition coefficient (Wildman–Crippen LogP) is 3.31. The molecule has 18 heavy (non-hydrogen) atoms. The van der Waals surface area contributed by atoms with Gasteiger partial charge < -0.3 is 10.2 Å². The third-order valence-electron chi connectivity index (χ3n) is 2.88. The van der Waals surface area contributed by atoms with Crippen molar-refractivity contribution in [3.8, 4) is 22.6 Å². The number of aromatic hydroxyl groups is 2. The van der Waals surface area contributed by atoms with E-state index in [1.165, 1.54) is 0 Å². The average molecular weight is 237 g/mol. The zero-order valence-corrected chi connectivity index (χ0v) is 9.54. The maximum absolute atomic E-state index is 9.81. The Morgan fingerprint density at radius 1 is 0.889 bits per heavy atom. The molecular weight excluding hydrogens is 226 g/mol. The fourth-order valence-electron chi connectivity index (χ4n) is 1.98. The van der Waals surface area contributed by atoms with Crippen LogP contribution >= 0.6 is 0 Å². The molecule has 0 radical (unpaired) electrons. The zero-order valence-electron chi connectivity index (χ0n) is 9.54. The van der Waals surface area contributed by atoms with E-state index >= 15 is 0 Å². The third kappa shape index (κ3) is 1.76. The Labute approximate surface area is 104 Å². The molecule has 0 atom stereocenters. The van der Waals surface area contributed by atoms with E-state index in [-0.39, 0.29) is 11.5 Å². The summed E-state index contributed by atoms with van der Waals surface area (Å²) in [6.07, 6.45) is 1.72. The lowest BCUT2D eigenvalue weighted by molar-refractivity contribution is 0.476. The minimum absolute atomic E-state index is 0.207. The van der Waals surface area contributed by atoms with Crippen LogP contribution in [0.5, 0.6) is 11.5 Å². The molecule has 0 aliphatic carbocycles. The first-order valence-corrected chi connectivity index (χ1v) is 5.61. The molecule has 1 aromatic heterocycles. The monoisotopic (exact) mass is 237 g/mol. The van der Waals surface area contributed by atoms with E-state index < -0.39 is 0 Å². The molecule has 0 bridgehead atoms. The van der Waals surface area contributed by atoms with Crippen molar-refractivity contribution in [1.29, 1.82) is 0 Å². The van der Waals surface area contributed by atoms with E-state index in [9.17, 15) is 10.2 Å². The summed E-state index contributed by atoms with van der Waals surface area (Å²) >= 11 is 0. The number of fused-ring (bicyclic) bond motifs is 1.